The summed E-state index contributed by atoms with van der Waals surface area (Å²) in [6.07, 6.45) is 0.150. The maximum atomic E-state index is 13.4. The number of β-lactam (4-membered cyclic amide) rings is 1. The van der Waals surface area contributed by atoms with Gasteiger partial charge in [0.2, 0.25) is 5.91 Å². The van der Waals surface area contributed by atoms with Crippen molar-refractivity contribution < 1.29 is 24.0 Å². The fourth-order valence-corrected chi connectivity index (χ4v) is 5.78. The van der Waals surface area contributed by atoms with Gasteiger partial charge in [-0.3, -0.25) is 24.6 Å². The second-order valence-corrected chi connectivity index (χ2v) is 9.92. The minimum absolute atomic E-state index is 0.0622. The number of rotatable bonds is 8. The average Bonchev–Trinajstić information content (AvgIpc) is 2.95. The molecule has 3 aromatic carbocycles. The normalized spacial score (nSPS) is 18.3. The number of nitro benzene ring substituents is 1. The summed E-state index contributed by atoms with van der Waals surface area (Å²) in [6, 6.07) is 23.5. The summed E-state index contributed by atoms with van der Waals surface area (Å²) in [5, 5.41) is 13.3. The number of hydrogen-bond donors (Lipinski definition) is 1. The number of fused-ring (bicyclic) bond motifs is 1. The van der Waals surface area contributed by atoms with Crippen LogP contribution in [0.3, 0.4) is 0 Å². The van der Waals surface area contributed by atoms with Crippen LogP contribution in [0.1, 0.15) is 16.7 Å². The third-order valence-corrected chi connectivity index (χ3v) is 7.60. The largest absolute Gasteiger partial charge is 0.456 e. The molecule has 0 bridgehead atoms. The molecule has 3 aromatic rings. The average molecular weight is 530 g/mol. The Morgan fingerprint density at radius 1 is 0.974 bits per heavy atom. The van der Waals surface area contributed by atoms with Gasteiger partial charge in [0.25, 0.3) is 11.6 Å². The van der Waals surface area contributed by atoms with Crippen molar-refractivity contribution in [3.05, 3.63) is 117 Å². The highest BCUT2D eigenvalue weighted by molar-refractivity contribution is 8.00. The van der Waals surface area contributed by atoms with Crippen LogP contribution in [0.4, 0.5) is 5.69 Å². The van der Waals surface area contributed by atoms with Gasteiger partial charge in [-0.25, -0.2) is 4.79 Å². The van der Waals surface area contributed by atoms with Gasteiger partial charge < -0.3 is 10.1 Å². The van der Waals surface area contributed by atoms with Gasteiger partial charge in [-0.05, 0) is 28.8 Å². The summed E-state index contributed by atoms with van der Waals surface area (Å²) < 4.78 is 5.56. The molecule has 10 heteroatoms. The Labute approximate surface area is 222 Å². The number of nitrogens with zero attached hydrogens (tertiary/aromatic N) is 2. The number of amides is 2. The molecule has 192 valence electrons. The van der Waals surface area contributed by atoms with Gasteiger partial charge in [0.05, 0.1) is 11.3 Å². The number of esters is 1. The monoisotopic (exact) mass is 529 g/mol. The minimum atomic E-state index is -0.744. The molecule has 2 aliphatic rings. The minimum Gasteiger partial charge on any atom is -0.456 e. The van der Waals surface area contributed by atoms with E-state index in [1.54, 1.807) is 0 Å². The molecule has 0 aliphatic carbocycles. The molecule has 2 amide bonds. The standard InChI is InChI=1S/C28H23N3O6S/c32-23(15-18-7-3-1-4-8-18)29-24-26(33)30-25(22(17-38-27(24)30)20-9-5-2-6-10-20)28(34)37-16-19-11-13-21(14-12-19)31(35)36/h1-14,24,27H,15-17H2,(H,29,32)/t24?,27-/m1/s1. The zero-order valence-corrected chi connectivity index (χ0v) is 20.9. The van der Waals surface area contributed by atoms with Crippen LogP contribution in [0.5, 0.6) is 0 Å². The van der Waals surface area contributed by atoms with Crippen molar-refractivity contribution in [1.82, 2.24) is 10.2 Å². The van der Waals surface area contributed by atoms with E-state index in [0.717, 1.165) is 11.1 Å². The van der Waals surface area contributed by atoms with E-state index >= 15 is 0 Å². The molecule has 9 nitrogen and oxygen atoms in total. The lowest BCUT2D eigenvalue weighted by atomic mass is 9.98. The van der Waals surface area contributed by atoms with Crippen molar-refractivity contribution in [1.29, 1.82) is 0 Å². The lowest BCUT2D eigenvalue weighted by Crippen LogP contribution is -2.70. The topological polar surface area (TPSA) is 119 Å². The Balaban J connectivity index is 1.34. The molecule has 0 radical (unpaired) electrons. The third-order valence-electron chi connectivity index (χ3n) is 6.32. The number of carbonyl (C=O) groups is 3. The third kappa shape index (κ3) is 5.16. The summed E-state index contributed by atoms with van der Waals surface area (Å²) in [6.45, 7) is -0.112. The molecular formula is C28H23N3O6S. The number of ether oxygens (including phenoxy) is 1. The van der Waals surface area contributed by atoms with E-state index in [2.05, 4.69) is 5.32 Å². The molecule has 1 unspecified atom stereocenters. The SMILES string of the molecule is O=C(Cc1ccccc1)NC1C(=O)N2C(C(=O)OCc3ccc([N+](=O)[O-])cc3)=C(c3ccccc3)CS[C@H]12. The highest BCUT2D eigenvalue weighted by Gasteiger charge is 2.54. The summed E-state index contributed by atoms with van der Waals surface area (Å²) in [7, 11) is 0. The van der Waals surface area contributed by atoms with E-state index < -0.39 is 22.3 Å². The van der Waals surface area contributed by atoms with Gasteiger partial charge in [-0.15, -0.1) is 11.8 Å². The highest BCUT2D eigenvalue weighted by Crippen LogP contribution is 2.43. The van der Waals surface area contributed by atoms with Crippen molar-refractivity contribution in [3.8, 4) is 0 Å². The van der Waals surface area contributed by atoms with E-state index in [-0.39, 0.29) is 36.2 Å². The number of non-ortho nitro benzene ring substituents is 1. The first-order valence-corrected chi connectivity index (χ1v) is 12.9. The van der Waals surface area contributed by atoms with Gasteiger partial charge in [-0.1, -0.05) is 60.7 Å². The molecule has 2 heterocycles. The molecule has 1 saturated heterocycles. The fourth-order valence-electron chi connectivity index (χ4n) is 4.41. The van der Waals surface area contributed by atoms with Gasteiger partial charge in [0, 0.05) is 23.5 Å². The number of nitro groups is 1. The first kappa shape index (κ1) is 25.2. The molecule has 0 saturated carbocycles. The molecule has 1 N–H and O–H groups in total. The van der Waals surface area contributed by atoms with Crippen LogP contribution in [0.2, 0.25) is 0 Å². The Morgan fingerprint density at radius 3 is 2.29 bits per heavy atom. The molecule has 0 aromatic heterocycles. The Hall–Kier alpha value is -4.44. The van der Waals surface area contributed by atoms with E-state index in [1.165, 1.54) is 40.9 Å². The van der Waals surface area contributed by atoms with Crippen LogP contribution in [-0.2, 0) is 32.1 Å². The van der Waals surface area contributed by atoms with Crippen LogP contribution in [0.15, 0.2) is 90.6 Å². The molecule has 5 rings (SSSR count). The molecule has 2 atom stereocenters. The quantitative estimate of drug-likeness (QED) is 0.205. The smallest absolute Gasteiger partial charge is 0.355 e. The van der Waals surface area contributed by atoms with E-state index in [4.69, 9.17) is 4.74 Å². The first-order valence-electron chi connectivity index (χ1n) is 11.9. The predicted molar refractivity (Wildman–Crippen MR) is 141 cm³/mol. The summed E-state index contributed by atoms with van der Waals surface area (Å²) in [5.74, 6) is -0.866. The predicted octanol–water partition coefficient (Wildman–Crippen LogP) is 3.69. The number of nitrogens with one attached hydrogen (secondary N) is 1. The highest BCUT2D eigenvalue weighted by atomic mass is 32.2. The molecule has 2 aliphatic heterocycles. The van der Waals surface area contributed by atoms with Crippen molar-refractivity contribution in [2.75, 3.05) is 5.75 Å². The summed E-state index contributed by atoms with van der Waals surface area (Å²) in [4.78, 5) is 51.0. The molecule has 38 heavy (non-hydrogen) atoms. The lowest BCUT2D eigenvalue weighted by Gasteiger charge is -2.49. The number of hydrogen-bond acceptors (Lipinski definition) is 7. The van der Waals surface area contributed by atoms with E-state index in [9.17, 15) is 24.5 Å². The molecule has 1 fully saturated rings. The van der Waals surface area contributed by atoms with Crippen LogP contribution < -0.4 is 5.32 Å². The van der Waals surface area contributed by atoms with Gasteiger partial charge in [0.1, 0.15) is 23.7 Å². The van der Waals surface area contributed by atoms with Crippen LogP contribution in [0, 0.1) is 10.1 Å². The first-order chi connectivity index (χ1) is 18.4. The van der Waals surface area contributed by atoms with Gasteiger partial charge >= 0.3 is 5.97 Å². The maximum Gasteiger partial charge on any atom is 0.355 e. The Bertz CT molecular complexity index is 1410. The Kier molecular flexibility index (Phi) is 7.23. The maximum absolute atomic E-state index is 13.4. The zero-order chi connectivity index (χ0) is 26.6. The molecule has 0 spiro atoms. The number of carbonyl (C=O) groups excluding carboxylic acids is 3. The van der Waals surface area contributed by atoms with E-state index in [0.29, 0.717) is 16.9 Å². The van der Waals surface area contributed by atoms with Crippen LogP contribution >= 0.6 is 11.8 Å². The zero-order valence-electron chi connectivity index (χ0n) is 20.1. The second-order valence-electron chi connectivity index (χ2n) is 8.81. The summed E-state index contributed by atoms with van der Waals surface area (Å²) >= 11 is 1.48. The number of benzene rings is 3. The van der Waals surface area contributed by atoms with Crippen LogP contribution in [-0.4, -0.2) is 44.8 Å². The van der Waals surface area contributed by atoms with E-state index in [1.807, 2.05) is 60.7 Å². The fraction of sp³-hybridized carbons (Fsp3) is 0.179. The van der Waals surface area contributed by atoms with Crippen molar-refractivity contribution in [2.24, 2.45) is 0 Å². The van der Waals surface area contributed by atoms with Gasteiger partial charge in [-0.2, -0.15) is 0 Å². The van der Waals surface area contributed by atoms with Crippen molar-refractivity contribution >= 4 is 40.8 Å². The van der Waals surface area contributed by atoms with Crippen LogP contribution in [0.25, 0.3) is 5.57 Å². The Morgan fingerprint density at radius 2 is 1.63 bits per heavy atom. The van der Waals surface area contributed by atoms with Crippen molar-refractivity contribution in [3.63, 3.8) is 0 Å². The van der Waals surface area contributed by atoms with Gasteiger partial charge in [0.15, 0.2) is 0 Å². The second kappa shape index (κ2) is 10.9. The number of thioether (sulfide) groups is 1. The summed E-state index contributed by atoms with van der Waals surface area (Å²) in [5.41, 5.74) is 2.97. The molecular weight excluding hydrogens is 506 g/mol. The lowest BCUT2D eigenvalue weighted by molar-refractivity contribution is -0.384. The van der Waals surface area contributed by atoms with Crippen molar-refractivity contribution in [2.45, 2.75) is 24.4 Å².